The molecule has 3 fully saturated rings. The van der Waals surface area contributed by atoms with Crippen molar-refractivity contribution in [2.24, 2.45) is 16.5 Å². The van der Waals surface area contributed by atoms with E-state index in [2.05, 4.69) is 16.6 Å². The summed E-state index contributed by atoms with van der Waals surface area (Å²) in [6, 6.07) is 11.4. The highest BCUT2D eigenvalue weighted by atomic mass is 16.7. The van der Waals surface area contributed by atoms with Crippen molar-refractivity contribution >= 4 is 51.0 Å². The molecule has 0 amide bonds. The third kappa shape index (κ3) is 5.07. The Balaban J connectivity index is 1.54. The number of nitrogens with zero attached hydrogens (tertiary/aromatic N) is 2. The van der Waals surface area contributed by atoms with Crippen molar-refractivity contribution in [3.05, 3.63) is 47.5 Å². The van der Waals surface area contributed by atoms with Crippen molar-refractivity contribution in [1.82, 2.24) is 4.57 Å². The van der Waals surface area contributed by atoms with Crippen molar-refractivity contribution in [2.75, 3.05) is 7.11 Å². The molecule has 1 heterocycles. The fourth-order valence-electron chi connectivity index (χ4n) is 6.48. The van der Waals surface area contributed by atoms with Crippen LogP contribution in [0.25, 0.3) is 21.8 Å². The molecule has 3 aliphatic rings. The number of benzene rings is 2. The number of methoxy groups -OCH3 is 1. The summed E-state index contributed by atoms with van der Waals surface area (Å²) in [4.78, 5) is 55.7. The lowest BCUT2D eigenvalue weighted by atomic mass is 9.58. The molecule has 0 unspecified atom stereocenters. The standard InChI is InChI=1S/C32H36N2O6/c1-4-28(35)40-33-25(8-11-29(36)39-3)30(37)21-6-9-26-23(18-21)24-19-22(7-10-27(24)34(26)5-2)31(38)32-15-12-20(13-16-32)14-17-32/h6-7,9-10,18-20H,4-5,8,11-17H2,1-3H3/b33-25-. The number of rotatable bonds is 10. The van der Waals surface area contributed by atoms with E-state index in [4.69, 9.17) is 9.57 Å². The van der Waals surface area contributed by atoms with Crippen LogP contribution >= 0.6 is 0 Å². The molecule has 8 nitrogen and oxygen atoms in total. The minimum absolute atomic E-state index is 0.0289. The molecule has 1 aromatic heterocycles. The van der Waals surface area contributed by atoms with Crippen LogP contribution < -0.4 is 0 Å². The maximum atomic E-state index is 13.8. The molecule has 2 bridgehead atoms. The number of esters is 1. The first kappa shape index (κ1) is 27.7. The molecule has 3 aromatic rings. The molecule has 40 heavy (non-hydrogen) atoms. The molecule has 0 spiro atoms. The van der Waals surface area contributed by atoms with Gasteiger partial charge in [0.15, 0.2) is 5.78 Å². The summed E-state index contributed by atoms with van der Waals surface area (Å²) < 4.78 is 6.88. The number of carbonyl (C=O) groups is 4. The van der Waals surface area contributed by atoms with Crippen LogP contribution in [0.1, 0.15) is 92.4 Å². The highest BCUT2D eigenvalue weighted by Gasteiger charge is 2.45. The monoisotopic (exact) mass is 544 g/mol. The molecule has 0 aliphatic heterocycles. The SMILES string of the molecule is CCC(=O)O/N=C(/CCC(=O)OC)C(=O)c1ccc2c(c1)c1cc(C(=O)C34CCC(CC3)CC4)ccc1n2CC. The molecule has 3 aliphatic carbocycles. The maximum Gasteiger partial charge on any atom is 0.334 e. The average Bonchev–Trinajstić information content (AvgIpc) is 3.32. The van der Waals surface area contributed by atoms with Crippen LogP contribution in [0.3, 0.4) is 0 Å². The highest BCUT2D eigenvalue weighted by Crippen LogP contribution is 2.52. The zero-order valence-corrected chi connectivity index (χ0v) is 23.5. The predicted octanol–water partition coefficient (Wildman–Crippen LogP) is 6.41. The number of ether oxygens (including phenoxy) is 1. The first-order chi connectivity index (χ1) is 19.3. The molecule has 6 rings (SSSR count). The van der Waals surface area contributed by atoms with E-state index in [1.165, 1.54) is 7.11 Å². The van der Waals surface area contributed by atoms with Gasteiger partial charge in [-0.15, -0.1) is 0 Å². The molecular formula is C32H36N2O6. The van der Waals surface area contributed by atoms with Gasteiger partial charge in [-0.05, 0) is 87.8 Å². The van der Waals surface area contributed by atoms with Crippen LogP contribution in [0.4, 0.5) is 0 Å². The number of hydrogen-bond donors (Lipinski definition) is 0. The molecule has 0 saturated heterocycles. The fourth-order valence-corrected chi connectivity index (χ4v) is 6.48. The van der Waals surface area contributed by atoms with Gasteiger partial charge in [-0.25, -0.2) is 4.79 Å². The van der Waals surface area contributed by atoms with E-state index in [0.29, 0.717) is 5.56 Å². The van der Waals surface area contributed by atoms with E-state index in [9.17, 15) is 19.2 Å². The third-order valence-electron chi connectivity index (χ3n) is 8.88. The van der Waals surface area contributed by atoms with E-state index >= 15 is 0 Å². The Bertz CT molecular complexity index is 1510. The van der Waals surface area contributed by atoms with E-state index in [1.807, 2.05) is 24.3 Å². The summed E-state index contributed by atoms with van der Waals surface area (Å²) in [6.07, 6.45) is 6.34. The first-order valence-electron chi connectivity index (χ1n) is 14.3. The number of carbonyl (C=O) groups excluding carboxylic acids is 4. The van der Waals surface area contributed by atoms with E-state index in [-0.39, 0.29) is 36.2 Å². The molecule has 3 saturated carbocycles. The fraction of sp³-hybridized carbons (Fsp3) is 0.469. The zero-order chi connectivity index (χ0) is 28.4. The van der Waals surface area contributed by atoms with Crippen LogP contribution in [-0.4, -0.2) is 40.9 Å². The summed E-state index contributed by atoms with van der Waals surface area (Å²) in [6.45, 7) is 4.42. The lowest BCUT2D eigenvalue weighted by Crippen LogP contribution is -2.40. The predicted molar refractivity (Wildman–Crippen MR) is 152 cm³/mol. The third-order valence-corrected chi connectivity index (χ3v) is 8.88. The van der Waals surface area contributed by atoms with Crippen LogP contribution in [0, 0.1) is 11.3 Å². The van der Waals surface area contributed by atoms with E-state index in [1.54, 1.807) is 19.1 Å². The maximum absolute atomic E-state index is 13.8. The number of ketones is 2. The average molecular weight is 545 g/mol. The van der Waals surface area contributed by atoms with Crippen molar-refractivity contribution in [2.45, 2.75) is 78.2 Å². The topological polar surface area (TPSA) is 104 Å². The molecule has 2 aromatic carbocycles. The summed E-state index contributed by atoms with van der Waals surface area (Å²) in [5.41, 5.74) is 2.77. The van der Waals surface area contributed by atoms with Gasteiger partial charge in [0.05, 0.1) is 13.5 Å². The molecular weight excluding hydrogens is 508 g/mol. The molecule has 0 N–H and O–H groups in total. The van der Waals surface area contributed by atoms with Crippen LogP contribution in [0.15, 0.2) is 41.6 Å². The molecule has 0 radical (unpaired) electrons. The van der Waals surface area contributed by atoms with Gasteiger partial charge in [0, 0.05) is 57.7 Å². The van der Waals surface area contributed by atoms with Gasteiger partial charge >= 0.3 is 11.9 Å². The Hall–Kier alpha value is -3.81. The largest absolute Gasteiger partial charge is 0.469 e. The Morgan fingerprint density at radius 3 is 2.05 bits per heavy atom. The van der Waals surface area contributed by atoms with E-state index < -0.39 is 17.7 Å². The number of fused-ring (bicyclic) bond motifs is 6. The lowest BCUT2D eigenvalue weighted by Gasteiger charge is -2.45. The van der Waals surface area contributed by atoms with Gasteiger partial charge < -0.3 is 14.1 Å². The Morgan fingerprint density at radius 1 is 0.875 bits per heavy atom. The quantitative estimate of drug-likeness (QED) is 0.0960. The Morgan fingerprint density at radius 2 is 1.48 bits per heavy atom. The summed E-state index contributed by atoms with van der Waals surface area (Å²) in [7, 11) is 1.27. The van der Waals surface area contributed by atoms with Crippen molar-refractivity contribution in [3.8, 4) is 0 Å². The second kappa shape index (κ2) is 11.4. The number of aryl methyl sites for hydroxylation is 1. The second-order valence-electron chi connectivity index (χ2n) is 11.1. The normalized spacial score (nSPS) is 20.6. The Kier molecular flexibility index (Phi) is 7.88. The highest BCUT2D eigenvalue weighted by molar-refractivity contribution is 6.46. The van der Waals surface area contributed by atoms with Gasteiger partial charge in [0.2, 0.25) is 5.78 Å². The van der Waals surface area contributed by atoms with Crippen LogP contribution in [-0.2, 0) is 25.7 Å². The van der Waals surface area contributed by atoms with E-state index in [0.717, 1.165) is 78.4 Å². The minimum Gasteiger partial charge on any atom is -0.469 e. The van der Waals surface area contributed by atoms with Gasteiger partial charge in [0.1, 0.15) is 5.71 Å². The smallest absolute Gasteiger partial charge is 0.334 e. The number of aromatic nitrogens is 1. The lowest BCUT2D eigenvalue weighted by molar-refractivity contribution is -0.143. The van der Waals surface area contributed by atoms with Crippen LogP contribution in [0.5, 0.6) is 0 Å². The summed E-state index contributed by atoms with van der Waals surface area (Å²) >= 11 is 0. The first-order valence-corrected chi connectivity index (χ1v) is 14.3. The van der Waals surface area contributed by atoms with Gasteiger partial charge in [-0.2, -0.15) is 0 Å². The van der Waals surface area contributed by atoms with Crippen molar-refractivity contribution in [3.63, 3.8) is 0 Å². The number of oxime groups is 1. The second-order valence-corrected chi connectivity index (χ2v) is 11.1. The van der Waals surface area contributed by atoms with Crippen LogP contribution in [0.2, 0.25) is 0 Å². The molecule has 8 heteroatoms. The zero-order valence-electron chi connectivity index (χ0n) is 23.5. The molecule has 0 atom stereocenters. The van der Waals surface area contributed by atoms with Gasteiger partial charge in [-0.3, -0.25) is 14.4 Å². The minimum atomic E-state index is -0.576. The summed E-state index contributed by atoms with van der Waals surface area (Å²) in [5, 5.41) is 5.59. The van der Waals surface area contributed by atoms with Gasteiger partial charge in [0.25, 0.3) is 0 Å². The Labute approximate surface area is 233 Å². The summed E-state index contributed by atoms with van der Waals surface area (Å²) in [5.74, 6) is -0.480. The van der Waals surface area contributed by atoms with Crippen molar-refractivity contribution in [1.29, 1.82) is 0 Å². The van der Waals surface area contributed by atoms with Crippen molar-refractivity contribution < 1.29 is 28.8 Å². The van der Waals surface area contributed by atoms with Gasteiger partial charge in [-0.1, -0.05) is 12.1 Å². The number of hydrogen-bond acceptors (Lipinski definition) is 7. The number of Topliss-reactive ketones (excluding diaryl/α,β-unsaturated/α-hetero) is 2. The molecule has 210 valence electrons.